The lowest BCUT2D eigenvalue weighted by Gasteiger charge is -2.20. The molecule has 4 rings (SSSR count). The van der Waals surface area contributed by atoms with Crippen LogP contribution in [-0.2, 0) is 15.8 Å². The van der Waals surface area contributed by atoms with E-state index in [4.69, 9.17) is 0 Å². The van der Waals surface area contributed by atoms with Gasteiger partial charge >= 0.3 is 6.18 Å². The first kappa shape index (κ1) is 16.1. The van der Waals surface area contributed by atoms with Gasteiger partial charge in [-0.1, -0.05) is 29.4 Å². The minimum Gasteiger partial charge on any atom is -0.274 e. The van der Waals surface area contributed by atoms with Gasteiger partial charge < -0.3 is 0 Å². The van der Waals surface area contributed by atoms with Crippen molar-refractivity contribution in [3.8, 4) is 0 Å². The molecule has 0 unspecified atom stereocenters. The van der Waals surface area contributed by atoms with Gasteiger partial charge in [0.1, 0.15) is 0 Å². The van der Waals surface area contributed by atoms with Crippen molar-refractivity contribution in [3.63, 3.8) is 0 Å². The molecular formula is C19H16F3NO2. The first-order chi connectivity index (χ1) is 11.7. The van der Waals surface area contributed by atoms with Crippen LogP contribution in [0.1, 0.15) is 19.4 Å². The number of carbonyl (C=O) groups excluding carboxylic acids is 2. The zero-order valence-electron chi connectivity index (χ0n) is 13.7. The molecule has 2 amide bonds. The van der Waals surface area contributed by atoms with Gasteiger partial charge in [0.05, 0.1) is 23.1 Å². The molecule has 3 nitrogen and oxygen atoms in total. The fourth-order valence-corrected chi connectivity index (χ4v) is 4.51. The molecule has 2 bridgehead atoms. The number of halogens is 3. The molecule has 1 saturated heterocycles. The number of fused-ring (bicyclic) bond motifs is 5. The van der Waals surface area contributed by atoms with Crippen molar-refractivity contribution in [1.29, 1.82) is 0 Å². The standard InChI is InChI=1S/C19H16F3NO2/c1-9(2)14-12-6-7-13(14)16-15(12)17(24)23(18(16)25)11-5-3-4-10(8-11)19(20,21)22/h3-8,12-13,15-16H,1-2H3/t12-,13-,15-,16-/m0/s1. The van der Waals surface area contributed by atoms with Crippen LogP contribution in [0.4, 0.5) is 18.9 Å². The monoisotopic (exact) mass is 347 g/mol. The molecular weight excluding hydrogens is 331 g/mol. The number of hydrogen-bond acceptors (Lipinski definition) is 2. The van der Waals surface area contributed by atoms with Crippen LogP contribution in [0.5, 0.6) is 0 Å². The van der Waals surface area contributed by atoms with E-state index in [2.05, 4.69) is 0 Å². The molecule has 0 spiro atoms. The van der Waals surface area contributed by atoms with Crippen molar-refractivity contribution in [2.45, 2.75) is 20.0 Å². The van der Waals surface area contributed by atoms with E-state index in [1.54, 1.807) is 0 Å². The highest BCUT2D eigenvalue weighted by Gasteiger charge is 2.62. The van der Waals surface area contributed by atoms with Gasteiger partial charge in [-0.25, -0.2) is 4.90 Å². The van der Waals surface area contributed by atoms with Crippen LogP contribution in [0.25, 0.3) is 0 Å². The Balaban J connectivity index is 1.74. The van der Waals surface area contributed by atoms with Crippen molar-refractivity contribution in [1.82, 2.24) is 0 Å². The van der Waals surface area contributed by atoms with E-state index < -0.39 is 35.4 Å². The summed E-state index contributed by atoms with van der Waals surface area (Å²) in [6, 6.07) is 4.40. The molecule has 2 aliphatic carbocycles. The fraction of sp³-hybridized carbons (Fsp3) is 0.368. The smallest absolute Gasteiger partial charge is 0.274 e. The Labute approximate surface area is 142 Å². The molecule has 1 aliphatic heterocycles. The van der Waals surface area contributed by atoms with Gasteiger partial charge in [0.25, 0.3) is 0 Å². The minimum absolute atomic E-state index is 0.00243. The topological polar surface area (TPSA) is 37.4 Å². The number of hydrogen-bond donors (Lipinski definition) is 0. The van der Waals surface area contributed by atoms with E-state index in [1.165, 1.54) is 12.1 Å². The van der Waals surface area contributed by atoms with E-state index in [0.717, 1.165) is 28.2 Å². The molecule has 2 fully saturated rings. The van der Waals surface area contributed by atoms with Gasteiger partial charge in [0, 0.05) is 11.8 Å². The highest BCUT2D eigenvalue weighted by atomic mass is 19.4. The maximum Gasteiger partial charge on any atom is 0.416 e. The number of amides is 2. The molecule has 130 valence electrons. The number of benzene rings is 1. The van der Waals surface area contributed by atoms with Gasteiger partial charge in [0.15, 0.2) is 0 Å². The van der Waals surface area contributed by atoms with Gasteiger partial charge in [-0.15, -0.1) is 0 Å². The average Bonchev–Trinajstić information content (AvgIpc) is 3.17. The highest BCUT2D eigenvalue weighted by molar-refractivity contribution is 6.23. The number of rotatable bonds is 1. The predicted molar refractivity (Wildman–Crippen MR) is 85.4 cm³/mol. The van der Waals surface area contributed by atoms with Crippen molar-refractivity contribution < 1.29 is 22.8 Å². The second-order valence-electron chi connectivity index (χ2n) is 7.00. The number of alkyl halides is 3. The minimum atomic E-state index is -4.52. The summed E-state index contributed by atoms with van der Waals surface area (Å²) in [7, 11) is 0. The summed E-state index contributed by atoms with van der Waals surface area (Å²) in [6.07, 6.45) is -0.614. The molecule has 6 heteroatoms. The normalized spacial score (nSPS) is 30.4. The molecule has 1 saturated carbocycles. The fourth-order valence-electron chi connectivity index (χ4n) is 4.51. The molecule has 0 radical (unpaired) electrons. The van der Waals surface area contributed by atoms with Gasteiger partial charge in [0.2, 0.25) is 11.8 Å². The highest BCUT2D eigenvalue weighted by Crippen LogP contribution is 2.57. The van der Waals surface area contributed by atoms with Crippen LogP contribution in [-0.4, -0.2) is 11.8 Å². The van der Waals surface area contributed by atoms with Crippen LogP contribution in [0.15, 0.2) is 47.6 Å². The SMILES string of the molecule is CC(C)=C1[C@@H]2C=C[C@@H]1[C@@H]1C(=O)N(c3cccc(C(F)(F)F)c3)C(=O)[C@H]12. The molecule has 0 N–H and O–H groups in total. The summed E-state index contributed by atoms with van der Waals surface area (Å²) in [5, 5.41) is 0. The Morgan fingerprint density at radius 2 is 1.56 bits per heavy atom. The molecule has 3 aliphatic rings. The molecule has 1 heterocycles. The largest absolute Gasteiger partial charge is 0.416 e. The van der Waals surface area contributed by atoms with Gasteiger partial charge in [-0.2, -0.15) is 13.2 Å². The first-order valence-corrected chi connectivity index (χ1v) is 8.12. The predicted octanol–water partition coefficient (Wildman–Crippen LogP) is 3.96. The number of nitrogens with zero attached hydrogens (tertiary/aromatic N) is 1. The maximum absolute atomic E-state index is 12.9. The lowest BCUT2D eigenvalue weighted by Crippen LogP contribution is -2.33. The van der Waals surface area contributed by atoms with Crippen molar-refractivity contribution in [2.24, 2.45) is 23.7 Å². The number of allylic oxidation sites excluding steroid dienone is 4. The Bertz CT molecular complexity index is 814. The number of carbonyl (C=O) groups is 2. The summed E-state index contributed by atoms with van der Waals surface area (Å²) in [6.45, 7) is 3.92. The molecule has 0 aromatic heterocycles. The van der Waals surface area contributed by atoms with Crippen molar-refractivity contribution >= 4 is 17.5 Å². The van der Waals surface area contributed by atoms with Crippen LogP contribution in [0.2, 0.25) is 0 Å². The molecule has 4 atom stereocenters. The van der Waals surface area contributed by atoms with E-state index in [1.807, 2.05) is 26.0 Å². The molecule has 1 aromatic rings. The lowest BCUT2D eigenvalue weighted by molar-refractivity contribution is -0.137. The van der Waals surface area contributed by atoms with E-state index >= 15 is 0 Å². The zero-order chi connectivity index (χ0) is 18.1. The van der Waals surface area contributed by atoms with Crippen LogP contribution < -0.4 is 4.90 Å². The molecule has 1 aromatic carbocycles. The van der Waals surface area contributed by atoms with Crippen LogP contribution in [0, 0.1) is 23.7 Å². The summed E-state index contributed by atoms with van der Waals surface area (Å²) in [4.78, 5) is 26.7. The Morgan fingerprint density at radius 3 is 2.04 bits per heavy atom. The second-order valence-corrected chi connectivity index (χ2v) is 7.00. The average molecular weight is 347 g/mol. The van der Waals surface area contributed by atoms with E-state index in [9.17, 15) is 22.8 Å². The molecule has 25 heavy (non-hydrogen) atoms. The van der Waals surface area contributed by atoms with Crippen LogP contribution in [0.3, 0.4) is 0 Å². The zero-order valence-corrected chi connectivity index (χ0v) is 13.7. The van der Waals surface area contributed by atoms with Gasteiger partial charge in [-0.05, 0) is 32.0 Å². The number of imide groups is 1. The summed E-state index contributed by atoms with van der Waals surface area (Å²) >= 11 is 0. The second kappa shape index (κ2) is 5.07. The summed E-state index contributed by atoms with van der Waals surface area (Å²) in [5.41, 5.74) is 1.34. The third-order valence-electron chi connectivity index (χ3n) is 5.42. The quantitative estimate of drug-likeness (QED) is 0.570. The summed E-state index contributed by atoms with van der Waals surface area (Å²) in [5.74, 6) is -2.03. The third-order valence-corrected chi connectivity index (χ3v) is 5.42. The lowest BCUT2D eigenvalue weighted by atomic mass is 9.85. The maximum atomic E-state index is 12.9. The van der Waals surface area contributed by atoms with E-state index in [0.29, 0.717) is 0 Å². The number of anilines is 1. The van der Waals surface area contributed by atoms with Crippen LogP contribution >= 0.6 is 0 Å². The first-order valence-electron chi connectivity index (χ1n) is 8.12. The van der Waals surface area contributed by atoms with Gasteiger partial charge in [-0.3, -0.25) is 9.59 Å². The Kier molecular flexibility index (Phi) is 3.27. The van der Waals surface area contributed by atoms with Crippen molar-refractivity contribution in [3.05, 3.63) is 53.1 Å². The third kappa shape index (κ3) is 2.12. The Hall–Kier alpha value is -2.37. The Morgan fingerprint density at radius 1 is 1.00 bits per heavy atom. The van der Waals surface area contributed by atoms with Crippen molar-refractivity contribution in [2.75, 3.05) is 4.90 Å². The van der Waals surface area contributed by atoms with E-state index in [-0.39, 0.29) is 17.5 Å². The summed E-state index contributed by atoms with van der Waals surface area (Å²) < 4.78 is 38.8.